The second kappa shape index (κ2) is 20.6. The van der Waals surface area contributed by atoms with Gasteiger partial charge in [-0.2, -0.15) is 0 Å². The van der Waals surface area contributed by atoms with E-state index in [0.29, 0.717) is 25.7 Å². The van der Waals surface area contributed by atoms with Gasteiger partial charge in [0.2, 0.25) is 0 Å². The Kier molecular flexibility index (Phi) is 17.7. The van der Waals surface area contributed by atoms with E-state index in [-0.39, 0.29) is 35.9 Å². The normalized spacial score (nSPS) is 46.8. The summed E-state index contributed by atoms with van der Waals surface area (Å²) in [6, 6.07) is 0. The third-order valence-corrected chi connectivity index (χ3v) is 13.4. The minimum absolute atomic E-state index is 0.168. The third kappa shape index (κ3) is 11.5. The Bertz CT molecular complexity index is 1390. The number of hydrogen-bond donors (Lipinski definition) is 5. The summed E-state index contributed by atoms with van der Waals surface area (Å²) in [6.07, 6.45) is 9.62. The monoisotopic (exact) mass is 791 g/mol. The molecule has 11 heteroatoms. The second-order valence-electron chi connectivity index (χ2n) is 18.0. The van der Waals surface area contributed by atoms with E-state index in [1.165, 1.54) is 39.8 Å². The molecule has 3 heterocycles. The topological polar surface area (TPSA) is 180 Å². The number of carbonyl (C=O) groups excluding carboxylic acids is 3. The number of hydrogen-bond acceptors (Lipinski definition) is 11. The first-order chi connectivity index (χ1) is 26.1. The number of rotatable bonds is 3. The average Bonchev–Trinajstić information content (AvgIpc) is 3.16. The molecule has 3 rings (SSSR count). The number of allylic oxidation sites excluding steroid dienone is 4. The maximum atomic E-state index is 13.5. The summed E-state index contributed by atoms with van der Waals surface area (Å²) in [5.41, 5.74) is -2.18. The van der Waals surface area contributed by atoms with Crippen LogP contribution in [0.15, 0.2) is 36.5 Å². The van der Waals surface area contributed by atoms with Crippen molar-refractivity contribution < 1.29 is 54.1 Å². The lowest BCUT2D eigenvalue weighted by Crippen LogP contribution is -2.62. The smallest absolute Gasteiger partial charge is 0.330 e. The van der Waals surface area contributed by atoms with Crippen molar-refractivity contribution in [3.63, 3.8) is 0 Å². The minimum Gasteiger partial charge on any atom is -0.458 e. The van der Waals surface area contributed by atoms with Gasteiger partial charge in [0.05, 0.1) is 36.6 Å². The Balaban J connectivity index is 1.99. The fourth-order valence-electron chi connectivity index (χ4n) is 9.01. The molecule has 0 amide bonds. The maximum Gasteiger partial charge on any atom is 0.330 e. The molecule has 0 aromatic carbocycles. The second-order valence-corrected chi connectivity index (χ2v) is 18.0. The zero-order chi connectivity index (χ0) is 42.3. The van der Waals surface area contributed by atoms with Crippen molar-refractivity contribution in [2.45, 2.75) is 175 Å². The highest BCUT2D eigenvalue weighted by Gasteiger charge is 2.56. The van der Waals surface area contributed by atoms with Crippen LogP contribution in [0.1, 0.15) is 121 Å². The highest BCUT2D eigenvalue weighted by atomic mass is 16.7. The minimum atomic E-state index is -2.18. The molecule has 3 aliphatic heterocycles. The van der Waals surface area contributed by atoms with Gasteiger partial charge in [-0.05, 0) is 70.1 Å². The first-order valence-corrected chi connectivity index (χ1v) is 21.2. The van der Waals surface area contributed by atoms with Gasteiger partial charge in [-0.25, -0.2) is 4.79 Å². The van der Waals surface area contributed by atoms with E-state index in [2.05, 4.69) is 19.9 Å². The van der Waals surface area contributed by atoms with Crippen molar-refractivity contribution >= 4 is 17.5 Å². The quantitative estimate of drug-likeness (QED) is 0.216. The number of aliphatic hydroxyl groups is 5. The number of ketones is 2. The molecule has 2 saturated heterocycles. The third-order valence-electron chi connectivity index (χ3n) is 13.4. The average molecular weight is 791 g/mol. The summed E-state index contributed by atoms with van der Waals surface area (Å²) in [4.78, 5) is 40.5. The molecule has 3 unspecified atom stereocenters. The van der Waals surface area contributed by atoms with Gasteiger partial charge in [-0.15, -0.1) is 0 Å². The molecule has 0 saturated carbocycles. The Labute approximate surface area is 336 Å². The van der Waals surface area contributed by atoms with Crippen LogP contribution >= 0.6 is 0 Å². The van der Waals surface area contributed by atoms with Crippen LogP contribution in [0.2, 0.25) is 0 Å². The first kappa shape index (κ1) is 48.1. The van der Waals surface area contributed by atoms with Crippen molar-refractivity contribution in [2.24, 2.45) is 53.3 Å². The van der Waals surface area contributed by atoms with Crippen LogP contribution in [-0.2, 0) is 28.6 Å². The fourth-order valence-corrected chi connectivity index (χ4v) is 9.01. The van der Waals surface area contributed by atoms with Crippen molar-refractivity contribution in [2.75, 3.05) is 0 Å². The van der Waals surface area contributed by atoms with Gasteiger partial charge in [0.1, 0.15) is 17.5 Å². The molecular weight excluding hydrogens is 716 g/mol. The van der Waals surface area contributed by atoms with Crippen molar-refractivity contribution in [1.29, 1.82) is 0 Å². The Morgan fingerprint density at radius 3 is 2.11 bits per heavy atom. The fraction of sp³-hybridized carbons (Fsp3) is 0.800. The first-order valence-electron chi connectivity index (χ1n) is 21.2. The van der Waals surface area contributed by atoms with Crippen LogP contribution < -0.4 is 0 Å². The van der Waals surface area contributed by atoms with Crippen LogP contribution in [-0.4, -0.2) is 97.2 Å². The summed E-state index contributed by atoms with van der Waals surface area (Å²) in [7, 11) is 0. The van der Waals surface area contributed by atoms with E-state index >= 15 is 0 Å². The van der Waals surface area contributed by atoms with Gasteiger partial charge in [0.15, 0.2) is 11.6 Å². The highest BCUT2D eigenvalue weighted by Crippen LogP contribution is 2.49. The zero-order valence-corrected chi connectivity index (χ0v) is 35.8. The van der Waals surface area contributed by atoms with Crippen LogP contribution in [0.25, 0.3) is 0 Å². The summed E-state index contributed by atoms with van der Waals surface area (Å²) < 4.78 is 20.0. The number of ether oxygens (including phenoxy) is 3. The van der Waals surface area contributed by atoms with Gasteiger partial charge in [0, 0.05) is 48.0 Å². The van der Waals surface area contributed by atoms with Crippen molar-refractivity contribution in [3.8, 4) is 0 Å². The molecule has 18 atom stereocenters. The van der Waals surface area contributed by atoms with E-state index in [0.717, 1.165) is 19.3 Å². The van der Waals surface area contributed by atoms with Gasteiger partial charge >= 0.3 is 5.97 Å². The SMILES string of the molecule is CCC1/C=C\C=C/C[C@@H](C)C(O)[C@@](C)(O)C(=O)[C@@H](C)C(O)[C@@H](C)C(=O)[C@@H](C)[C@H](O)[C@@H](C)/C=C/C(=O)O[C@@H]2[C@@H](C)[C@H](CC1)O[C@]1(CC[C@H](C)[C@H](C[C@@H](C)O)O1)[C@H]2C. The molecule has 56 heavy (non-hydrogen) atoms. The number of esters is 1. The number of carbonyl (C=O) groups is 3. The van der Waals surface area contributed by atoms with Crippen LogP contribution in [0.3, 0.4) is 0 Å². The van der Waals surface area contributed by atoms with Gasteiger partial charge in [0.25, 0.3) is 0 Å². The van der Waals surface area contributed by atoms with Gasteiger partial charge in [-0.3, -0.25) is 9.59 Å². The predicted octanol–water partition coefficient (Wildman–Crippen LogP) is 5.88. The predicted molar refractivity (Wildman–Crippen MR) is 215 cm³/mol. The Morgan fingerprint density at radius 1 is 0.839 bits per heavy atom. The molecule has 5 N–H and O–H groups in total. The van der Waals surface area contributed by atoms with Gasteiger partial charge < -0.3 is 39.7 Å². The van der Waals surface area contributed by atoms with Crippen LogP contribution in [0.4, 0.5) is 0 Å². The molecule has 2 fully saturated rings. The molecule has 0 radical (unpaired) electrons. The highest BCUT2D eigenvalue weighted by molar-refractivity contribution is 5.91. The van der Waals surface area contributed by atoms with E-state index in [4.69, 9.17) is 14.2 Å². The molecule has 0 aliphatic carbocycles. The molecule has 11 nitrogen and oxygen atoms in total. The number of aliphatic hydroxyl groups excluding tert-OH is 4. The largest absolute Gasteiger partial charge is 0.458 e. The Hall–Kier alpha value is -2.25. The standard InChI is InChI=1S/C45H74O11/c1-12-34-17-15-13-14-16-27(4)42(51)44(11,53)43(52)32(9)40(50)31(8)39(49)30(7)38(48)26(3)18-21-37(47)54-41-29(6)35(20-19-34)55-45(33(41)10)23-22-25(2)36(56-45)24-28(5)46/h13-15,17-18,21,25-36,38,40-42,46,48,50-51,53H,12,16,19-20,22-24H2,1-11H3/b14-13-,17-15-,21-18+/t25-,26-,27+,28+,29-,30-,31-,32-,33-,34?,35-,36-,38+,40?,41+,42?,44+,45-/m0/s1. The molecule has 3 aliphatic rings. The van der Waals surface area contributed by atoms with E-state index in [1.807, 2.05) is 32.1 Å². The molecule has 0 aromatic heterocycles. The molecule has 2 bridgehead atoms. The van der Waals surface area contributed by atoms with Crippen LogP contribution in [0.5, 0.6) is 0 Å². The van der Waals surface area contributed by atoms with E-state index in [1.54, 1.807) is 20.8 Å². The molecule has 1 spiro atoms. The van der Waals surface area contributed by atoms with E-state index in [9.17, 15) is 39.9 Å². The van der Waals surface area contributed by atoms with E-state index < -0.39 is 89.0 Å². The lowest BCUT2D eigenvalue weighted by molar-refractivity contribution is -0.371. The number of fused-ring (bicyclic) bond motifs is 2. The molecule has 0 aromatic rings. The summed E-state index contributed by atoms with van der Waals surface area (Å²) in [5.74, 6) is -7.28. The van der Waals surface area contributed by atoms with Crippen molar-refractivity contribution in [1.82, 2.24) is 0 Å². The molecular formula is C45H74O11. The summed E-state index contributed by atoms with van der Waals surface area (Å²) in [6.45, 7) is 19.1. The Morgan fingerprint density at radius 2 is 1.48 bits per heavy atom. The maximum absolute atomic E-state index is 13.5. The summed E-state index contributed by atoms with van der Waals surface area (Å²) >= 11 is 0. The zero-order valence-electron chi connectivity index (χ0n) is 35.8. The van der Waals surface area contributed by atoms with Crippen molar-refractivity contribution in [3.05, 3.63) is 36.5 Å². The molecule has 320 valence electrons. The van der Waals surface area contributed by atoms with Crippen LogP contribution in [0, 0.1) is 53.3 Å². The lowest BCUT2D eigenvalue weighted by Gasteiger charge is -2.55. The number of Topliss-reactive ketones (excluding diaryl/α,β-unsaturated/α-hetero) is 2. The lowest BCUT2D eigenvalue weighted by atomic mass is 9.74. The summed E-state index contributed by atoms with van der Waals surface area (Å²) in [5, 5.41) is 55.0. The van der Waals surface area contributed by atoms with Gasteiger partial charge in [-0.1, -0.05) is 92.7 Å².